The van der Waals surface area contributed by atoms with Crippen molar-refractivity contribution in [1.82, 2.24) is 15.4 Å². The summed E-state index contributed by atoms with van der Waals surface area (Å²) in [5.74, 6) is -0.764. The summed E-state index contributed by atoms with van der Waals surface area (Å²) in [6.07, 6.45) is 1.77. The number of likely N-dealkylation sites (N-methyl/N-ethyl adjacent to an activating group) is 1. The zero-order chi connectivity index (χ0) is 29.6. The van der Waals surface area contributed by atoms with Gasteiger partial charge in [-0.05, 0) is 43.9 Å². The number of anilines is 1. The molecule has 0 spiro atoms. The lowest BCUT2D eigenvalue weighted by molar-refractivity contribution is -0.142. The van der Waals surface area contributed by atoms with Crippen LogP contribution in [0, 0.1) is 25.6 Å². The molecule has 2 amide bonds. The summed E-state index contributed by atoms with van der Waals surface area (Å²) in [7, 11) is -2.62. The van der Waals surface area contributed by atoms with Crippen LogP contribution < -0.4 is 10.0 Å². The SMILES string of the molecule is CCCCC(=O)N(Cc1ccc(-c2ccccc2S(=O)(=O)Nc2noc(C)c2C)c(F)c1)[C@H](C(=O)NC)C(C)C. The zero-order valence-corrected chi connectivity index (χ0v) is 24.6. The number of carbonyl (C=O) groups excluding carboxylic acids is 2. The maximum absolute atomic E-state index is 15.6. The molecule has 0 aliphatic rings. The van der Waals surface area contributed by atoms with Gasteiger partial charge in [-0.25, -0.2) is 12.8 Å². The number of unbranched alkanes of at least 4 members (excludes halogenated alkanes) is 1. The summed E-state index contributed by atoms with van der Waals surface area (Å²) in [6.45, 7) is 9.07. The molecule has 3 rings (SSSR count). The van der Waals surface area contributed by atoms with Crippen molar-refractivity contribution < 1.29 is 26.9 Å². The minimum absolute atomic E-state index is 0.0301. The van der Waals surface area contributed by atoms with Gasteiger partial charge in [0, 0.05) is 36.7 Å². The van der Waals surface area contributed by atoms with Crippen LogP contribution in [0.15, 0.2) is 51.9 Å². The van der Waals surface area contributed by atoms with Crippen molar-refractivity contribution in [2.45, 2.75) is 71.4 Å². The predicted octanol–water partition coefficient (Wildman–Crippen LogP) is 5.19. The number of carbonyl (C=O) groups is 2. The van der Waals surface area contributed by atoms with Gasteiger partial charge in [-0.2, -0.15) is 0 Å². The van der Waals surface area contributed by atoms with Crippen molar-refractivity contribution >= 4 is 27.7 Å². The van der Waals surface area contributed by atoms with Crippen molar-refractivity contribution in [2.24, 2.45) is 5.92 Å². The summed E-state index contributed by atoms with van der Waals surface area (Å²) < 4.78 is 49.6. The Labute approximate surface area is 235 Å². The Kier molecular flexibility index (Phi) is 10.1. The van der Waals surface area contributed by atoms with E-state index in [4.69, 9.17) is 4.52 Å². The average Bonchev–Trinajstić information content (AvgIpc) is 3.22. The molecule has 0 radical (unpaired) electrons. The molecule has 1 atom stereocenters. The number of rotatable bonds is 12. The van der Waals surface area contributed by atoms with Crippen molar-refractivity contribution in [2.75, 3.05) is 11.8 Å². The molecule has 0 aliphatic carbocycles. The fourth-order valence-corrected chi connectivity index (χ4v) is 5.74. The minimum atomic E-state index is -4.14. The van der Waals surface area contributed by atoms with E-state index in [1.165, 1.54) is 36.2 Å². The van der Waals surface area contributed by atoms with Gasteiger partial charge >= 0.3 is 0 Å². The van der Waals surface area contributed by atoms with Crippen LogP contribution in [0.4, 0.5) is 10.2 Å². The lowest BCUT2D eigenvalue weighted by Gasteiger charge is -2.33. The van der Waals surface area contributed by atoms with Crippen molar-refractivity contribution in [3.8, 4) is 11.1 Å². The van der Waals surface area contributed by atoms with Crippen LogP contribution in [-0.2, 0) is 26.2 Å². The number of hydrogen-bond donors (Lipinski definition) is 2. The molecule has 2 N–H and O–H groups in total. The summed E-state index contributed by atoms with van der Waals surface area (Å²) in [6, 6.07) is 9.77. The molecule has 40 heavy (non-hydrogen) atoms. The molecular formula is C29H37FN4O5S. The van der Waals surface area contributed by atoms with Crippen LogP contribution in [0.5, 0.6) is 0 Å². The lowest BCUT2D eigenvalue weighted by Crippen LogP contribution is -2.51. The normalized spacial score (nSPS) is 12.3. The largest absolute Gasteiger partial charge is 0.359 e. The number of benzene rings is 2. The van der Waals surface area contributed by atoms with Gasteiger partial charge in [0.1, 0.15) is 17.6 Å². The first-order valence-electron chi connectivity index (χ1n) is 13.3. The number of hydrogen-bond acceptors (Lipinski definition) is 6. The molecule has 216 valence electrons. The van der Waals surface area contributed by atoms with Crippen LogP contribution >= 0.6 is 0 Å². The number of nitrogens with one attached hydrogen (secondary N) is 2. The molecule has 0 aliphatic heterocycles. The van der Waals surface area contributed by atoms with Crippen LogP contribution in [0.1, 0.15) is 56.9 Å². The van der Waals surface area contributed by atoms with Gasteiger partial charge in [0.2, 0.25) is 11.8 Å². The van der Waals surface area contributed by atoms with E-state index in [0.717, 1.165) is 6.42 Å². The number of nitrogens with zero attached hydrogens (tertiary/aromatic N) is 2. The second-order valence-corrected chi connectivity index (χ2v) is 11.7. The standard InChI is InChI=1S/C29H37FN4O5S/c1-7-8-13-26(35)34(27(18(2)3)29(36)31-6)17-21-14-15-22(24(30)16-21)23-11-9-10-12-25(23)40(37,38)33-28-19(4)20(5)39-32-28/h9-12,14-16,18,27H,7-8,13,17H2,1-6H3,(H,31,36)(H,32,33)/t27-/m0/s1. The first-order valence-corrected chi connectivity index (χ1v) is 14.7. The molecule has 0 saturated heterocycles. The van der Waals surface area contributed by atoms with Gasteiger partial charge in [0.25, 0.3) is 10.0 Å². The first kappa shape index (κ1) is 30.8. The molecule has 1 heterocycles. The maximum Gasteiger partial charge on any atom is 0.263 e. The molecule has 0 unspecified atom stereocenters. The highest BCUT2D eigenvalue weighted by molar-refractivity contribution is 7.92. The zero-order valence-electron chi connectivity index (χ0n) is 23.7. The van der Waals surface area contributed by atoms with Gasteiger partial charge in [-0.3, -0.25) is 14.3 Å². The average molecular weight is 573 g/mol. The Morgan fingerprint density at radius 1 is 1.10 bits per heavy atom. The molecule has 2 aromatic carbocycles. The highest BCUT2D eigenvalue weighted by atomic mass is 32.2. The topological polar surface area (TPSA) is 122 Å². The Morgan fingerprint density at radius 2 is 1.80 bits per heavy atom. The fourth-order valence-electron chi connectivity index (χ4n) is 4.46. The van der Waals surface area contributed by atoms with Crippen LogP contribution in [-0.4, -0.2) is 43.4 Å². The minimum Gasteiger partial charge on any atom is -0.359 e. The summed E-state index contributed by atoms with van der Waals surface area (Å²) in [5.41, 5.74) is 1.27. The second-order valence-electron chi connectivity index (χ2n) is 10.1. The second kappa shape index (κ2) is 13.1. The van der Waals surface area contributed by atoms with Crippen molar-refractivity contribution in [3.05, 3.63) is 65.2 Å². The molecule has 0 saturated carbocycles. The molecule has 3 aromatic rings. The Morgan fingerprint density at radius 3 is 2.38 bits per heavy atom. The number of halogens is 1. The summed E-state index contributed by atoms with van der Waals surface area (Å²) in [5, 5.41) is 6.39. The van der Waals surface area contributed by atoms with Gasteiger partial charge in [0.05, 0.1) is 4.90 Å². The van der Waals surface area contributed by atoms with Crippen molar-refractivity contribution in [1.29, 1.82) is 0 Å². The Hall–Kier alpha value is -3.73. The van der Waals surface area contributed by atoms with E-state index in [1.54, 1.807) is 32.0 Å². The smallest absolute Gasteiger partial charge is 0.263 e. The third-order valence-corrected chi connectivity index (χ3v) is 8.19. The molecule has 0 bridgehead atoms. The van der Waals surface area contributed by atoms with Crippen LogP contribution in [0.25, 0.3) is 11.1 Å². The number of sulfonamides is 1. The van der Waals surface area contributed by atoms with E-state index in [9.17, 15) is 18.0 Å². The maximum atomic E-state index is 15.6. The van der Waals surface area contributed by atoms with E-state index in [-0.39, 0.29) is 52.5 Å². The number of amides is 2. The Bertz CT molecular complexity index is 1470. The molecule has 11 heteroatoms. The van der Waals surface area contributed by atoms with E-state index in [1.807, 2.05) is 20.8 Å². The predicted molar refractivity (Wildman–Crippen MR) is 151 cm³/mol. The van der Waals surface area contributed by atoms with E-state index >= 15 is 4.39 Å². The highest BCUT2D eigenvalue weighted by Crippen LogP contribution is 2.32. The van der Waals surface area contributed by atoms with Gasteiger partial charge in [-0.1, -0.05) is 62.7 Å². The van der Waals surface area contributed by atoms with Crippen LogP contribution in [0.3, 0.4) is 0 Å². The van der Waals surface area contributed by atoms with Crippen LogP contribution in [0.2, 0.25) is 0 Å². The number of aromatic nitrogens is 1. The third-order valence-electron chi connectivity index (χ3n) is 6.79. The summed E-state index contributed by atoms with van der Waals surface area (Å²) in [4.78, 5) is 27.2. The summed E-state index contributed by atoms with van der Waals surface area (Å²) >= 11 is 0. The van der Waals surface area contributed by atoms with Crippen molar-refractivity contribution in [3.63, 3.8) is 0 Å². The molecule has 0 fully saturated rings. The van der Waals surface area contributed by atoms with E-state index in [0.29, 0.717) is 23.3 Å². The quantitative estimate of drug-likeness (QED) is 0.308. The van der Waals surface area contributed by atoms with E-state index < -0.39 is 21.9 Å². The molecule has 1 aromatic heterocycles. The highest BCUT2D eigenvalue weighted by Gasteiger charge is 2.32. The Balaban J connectivity index is 1.98. The van der Waals surface area contributed by atoms with E-state index in [2.05, 4.69) is 15.2 Å². The monoisotopic (exact) mass is 572 g/mol. The molecular weight excluding hydrogens is 535 g/mol. The fraction of sp³-hybridized carbons (Fsp3) is 0.414. The van der Waals surface area contributed by atoms with Gasteiger partial charge in [0.15, 0.2) is 5.82 Å². The first-order chi connectivity index (χ1) is 18.9. The molecule has 9 nitrogen and oxygen atoms in total. The third kappa shape index (κ3) is 6.88. The van der Waals surface area contributed by atoms with Gasteiger partial charge < -0.3 is 14.7 Å². The number of aryl methyl sites for hydroxylation is 1. The lowest BCUT2D eigenvalue weighted by atomic mass is 9.98. The van der Waals surface area contributed by atoms with Gasteiger partial charge in [-0.15, -0.1) is 0 Å².